The van der Waals surface area contributed by atoms with Crippen molar-refractivity contribution in [3.8, 4) is 11.1 Å². The first kappa shape index (κ1) is 31.0. The molecule has 0 fully saturated rings. The Balaban J connectivity index is 0.00000111. The molecule has 0 aliphatic heterocycles. The Bertz CT molecular complexity index is 1230. The molecule has 189 valence electrons. The monoisotopic (exact) mass is 611 g/mol. The Labute approximate surface area is 241 Å². The molecule has 36 heavy (non-hydrogen) atoms. The smallest absolute Gasteiger partial charge is 1.00 e. The van der Waals surface area contributed by atoms with Gasteiger partial charge in [-0.1, -0.05) is 13.8 Å². The molecule has 2 aliphatic carbocycles. The summed E-state index contributed by atoms with van der Waals surface area (Å²) in [6.45, 7) is 16.1. The van der Waals surface area contributed by atoms with Crippen LogP contribution in [0.1, 0.15) is 82.5 Å². The van der Waals surface area contributed by atoms with Crippen molar-refractivity contribution in [1.82, 2.24) is 0 Å². The summed E-state index contributed by atoms with van der Waals surface area (Å²) in [5, 5.41) is 0. The molecular weight excluding hydrogens is 575 g/mol. The molecule has 2 atom stereocenters. The Kier molecular flexibility index (Phi) is 11.7. The molecule has 0 spiro atoms. The molecule has 2 unspecified atom stereocenters. The molecule has 0 saturated heterocycles. The van der Waals surface area contributed by atoms with Crippen molar-refractivity contribution in [1.29, 1.82) is 0 Å². The molecule has 0 nitrogen and oxygen atoms in total. The van der Waals surface area contributed by atoms with Crippen LogP contribution in [0.4, 0.5) is 0 Å². The fourth-order valence-electron chi connectivity index (χ4n) is 6.06. The number of fused-ring (bicyclic) bond motifs is 2. The number of benzene rings is 3. The predicted octanol–water partition coefficient (Wildman–Crippen LogP) is 2.88. The third-order valence-electron chi connectivity index (χ3n) is 7.45. The van der Waals surface area contributed by atoms with Crippen molar-refractivity contribution in [2.45, 2.75) is 61.3 Å². The van der Waals surface area contributed by atoms with Crippen molar-refractivity contribution in [2.75, 3.05) is 0 Å². The van der Waals surface area contributed by atoms with E-state index in [2.05, 4.69) is 113 Å². The number of allylic oxidation sites excluding steroid dienone is 2. The van der Waals surface area contributed by atoms with Crippen molar-refractivity contribution >= 4 is 18.8 Å². The van der Waals surface area contributed by atoms with Gasteiger partial charge in [-0.2, -0.15) is 0 Å². The molecule has 3 aromatic carbocycles. The average Bonchev–Trinajstić information content (AvgIpc) is 3.37. The summed E-state index contributed by atoms with van der Waals surface area (Å²) in [4.78, 5) is 0. The van der Waals surface area contributed by atoms with Gasteiger partial charge in [0, 0.05) is 0 Å². The summed E-state index contributed by atoms with van der Waals surface area (Å²) < 4.78 is 1.48. The van der Waals surface area contributed by atoms with Gasteiger partial charge in [0.15, 0.2) is 0 Å². The fourth-order valence-corrected chi connectivity index (χ4v) is 26.6. The SMILES string of the molecule is CC.C[SiH2][Zr+2]([CH]1C(C)=Cc2c(-c3ccccc3)cccc21)[CH]1C(C)=Cc2c(C(C)C)cccc21.[Cl-].[Cl-]. The van der Waals surface area contributed by atoms with Crippen LogP contribution < -0.4 is 24.8 Å². The van der Waals surface area contributed by atoms with Gasteiger partial charge in [-0.25, -0.2) is 0 Å². The maximum atomic E-state index is 2.61. The van der Waals surface area contributed by atoms with E-state index in [-0.39, 0.29) is 31.5 Å². The summed E-state index contributed by atoms with van der Waals surface area (Å²) >= 11 is -1.81. The molecule has 2 aliphatic rings. The summed E-state index contributed by atoms with van der Waals surface area (Å²) in [5.74, 6) is 0.584. The van der Waals surface area contributed by atoms with Gasteiger partial charge in [0.1, 0.15) is 0 Å². The molecule has 5 rings (SSSR count). The van der Waals surface area contributed by atoms with Gasteiger partial charge in [0.05, 0.1) is 0 Å². The maximum absolute atomic E-state index is 2.61. The first-order valence-electron chi connectivity index (χ1n) is 13.0. The van der Waals surface area contributed by atoms with Crippen LogP contribution in [0.3, 0.4) is 0 Å². The molecule has 0 aromatic heterocycles. The van der Waals surface area contributed by atoms with Crippen molar-refractivity contribution in [2.24, 2.45) is 0 Å². The van der Waals surface area contributed by atoms with Gasteiger partial charge in [-0.15, -0.1) is 0 Å². The molecule has 0 amide bonds. The van der Waals surface area contributed by atoms with Gasteiger partial charge in [0.2, 0.25) is 0 Å². The number of rotatable bonds is 5. The normalized spacial score (nSPS) is 17.3. The first-order valence-corrected chi connectivity index (χ1v) is 23.2. The zero-order chi connectivity index (χ0) is 24.4. The summed E-state index contributed by atoms with van der Waals surface area (Å²) in [5.41, 5.74) is 13.9. The Morgan fingerprint density at radius 1 is 0.694 bits per heavy atom. The number of halogens is 2. The van der Waals surface area contributed by atoms with Gasteiger partial charge < -0.3 is 24.8 Å². The Morgan fingerprint density at radius 3 is 1.78 bits per heavy atom. The molecule has 0 heterocycles. The van der Waals surface area contributed by atoms with Crippen LogP contribution in [0.2, 0.25) is 6.55 Å². The van der Waals surface area contributed by atoms with Crippen LogP contribution in [-0.4, -0.2) is 6.65 Å². The van der Waals surface area contributed by atoms with Gasteiger partial charge >= 0.3 is 204 Å². The largest absolute Gasteiger partial charge is 1.00 e. The van der Waals surface area contributed by atoms with Crippen LogP contribution in [-0.2, 0) is 20.9 Å². The van der Waals surface area contributed by atoms with Gasteiger partial charge in [-0.3, -0.25) is 0 Å². The molecular formula is C32H39Cl2SiZr. The van der Waals surface area contributed by atoms with E-state index in [9.17, 15) is 0 Å². The van der Waals surface area contributed by atoms with Gasteiger partial charge in [-0.05, 0) is 0 Å². The van der Waals surface area contributed by atoms with Crippen LogP contribution in [0.15, 0.2) is 77.9 Å². The van der Waals surface area contributed by atoms with E-state index in [0.29, 0.717) is 5.92 Å². The van der Waals surface area contributed by atoms with E-state index < -0.39 is 20.9 Å². The number of hydrogen-bond acceptors (Lipinski definition) is 0. The van der Waals surface area contributed by atoms with Crippen molar-refractivity contribution in [3.63, 3.8) is 0 Å². The zero-order valence-corrected chi connectivity index (χ0v) is 28.1. The summed E-state index contributed by atoms with van der Waals surface area (Å²) in [6, 6.07) is 25.2. The minimum atomic E-state index is -1.81. The molecule has 0 radical (unpaired) electrons. The quantitative estimate of drug-likeness (QED) is 0.389. The van der Waals surface area contributed by atoms with Crippen molar-refractivity contribution in [3.05, 3.63) is 106 Å². The third kappa shape index (κ3) is 5.63. The van der Waals surface area contributed by atoms with Crippen molar-refractivity contribution < 1.29 is 45.7 Å². The second kappa shape index (κ2) is 13.6. The van der Waals surface area contributed by atoms with E-state index in [0.717, 1.165) is 7.25 Å². The first-order chi connectivity index (χ1) is 16.5. The Morgan fingerprint density at radius 2 is 1.22 bits per heavy atom. The molecule has 0 N–H and O–H groups in total. The number of hydrogen-bond donors (Lipinski definition) is 0. The van der Waals surface area contributed by atoms with Gasteiger partial charge in [0.25, 0.3) is 0 Å². The fraction of sp³-hybridized carbons (Fsp3) is 0.312. The molecule has 0 bridgehead atoms. The molecule has 3 aromatic rings. The zero-order valence-electron chi connectivity index (χ0n) is 22.7. The summed E-state index contributed by atoms with van der Waals surface area (Å²) in [7, 11) is 0. The molecule has 4 heteroatoms. The maximum Gasteiger partial charge on any atom is -1.00 e. The van der Waals surface area contributed by atoms with Crippen LogP contribution >= 0.6 is 0 Å². The Hall–Kier alpha value is -1.18. The average molecular weight is 614 g/mol. The predicted molar refractivity (Wildman–Crippen MR) is 151 cm³/mol. The minimum absolute atomic E-state index is 0. The molecule has 0 saturated carbocycles. The third-order valence-corrected chi connectivity index (χ3v) is 26.5. The van der Waals surface area contributed by atoms with E-state index in [1.807, 2.05) is 13.8 Å². The minimum Gasteiger partial charge on any atom is -1.00 e. The van der Waals surface area contributed by atoms with E-state index in [4.69, 9.17) is 0 Å². The standard InChI is InChI=1S/C16H13.C13H15.C2H6.CH5Si.2ClH.Zr/c1-12-10-14-8-5-9-15(16(14)11-12)13-6-3-2-4-7-13;1-9(2)12-6-4-5-11-7-10(3)8-13(11)12;2*1-2;;;/h2-11H,1H3;4-9H,1-3H3;1-2H3;2H2,1H3;2*1H;/q;;;;;;+2/p-2. The summed E-state index contributed by atoms with van der Waals surface area (Å²) in [6.07, 6.45) is 5.08. The van der Waals surface area contributed by atoms with E-state index in [1.165, 1.54) is 22.3 Å². The van der Waals surface area contributed by atoms with Crippen LogP contribution in [0, 0.1) is 0 Å². The second-order valence-corrected chi connectivity index (χ2v) is 26.2. The van der Waals surface area contributed by atoms with E-state index in [1.54, 1.807) is 27.8 Å². The van der Waals surface area contributed by atoms with E-state index >= 15 is 0 Å². The van der Waals surface area contributed by atoms with Crippen LogP contribution in [0.25, 0.3) is 23.3 Å². The van der Waals surface area contributed by atoms with Crippen LogP contribution in [0.5, 0.6) is 0 Å². The second-order valence-electron chi connectivity index (χ2n) is 9.75. The topological polar surface area (TPSA) is 0 Å².